The van der Waals surface area contributed by atoms with E-state index >= 15 is 0 Å². The third-order valence-electron chi connectivity index (χ3n) is 6.26. The van der Waals surface area contributed by atoms with E-state index in [9.17, 15) is 24.2 Å². The summed E-state index contributed by atoms with van der Waals surface area (Å²) in [5.41, 5.74) is 0. The Kier molecular flexibility index (Phi) is 25.2. The van der Waals surface area contributed by atoms with Crippen molar-refractivity contribution < 1.29 is 47.8 Å². The van der Waals surface area contributed by atoms with Crippen molar-refractivity contribution in [1.29, 1.82) is 0 Å². The Bertz CT molecular complexity index is 646. The van der Waals surface area contributed by atoms with Gasteiger partial charge in [-0.3, -0.25) is 18.6 Å². The lowest BCUT2D eigenvalue weighted by molar-refractivity contribution is -0.161. The monoisotopic (exact) mass is 582 g/mol. The molecule has 0 fully saturated rings. The average molecular weight is 583 g/mol. The van der Waals surface area contributed by atoms with Crippen molar-refractivity contribution in [1.82, 2.24) is 0 Å². The van der Waals surface area contributed by atoms with Gasteiger partial charge in [0.1, 0.15) is 12.7 Å². The number of aliphatic hydroxyl groups excluding tert-OH is 2. The number of hydrogen-bond donors (Lipinski definition) is 3. The number of hydrogen-bond acceptors (Lipinski definition) is 9. The van der Waals surface area contributed by atoms with Crippen LogP contribution in [0.1, 0.15) is 129 Å². The quantitative estimate of drug-likeness (QED) is 0.0570. The minimum Gasteiger partial charge on any atom is -0.462 e. The fourth-order valence-electron chi connectivity index (χ4n) is 3.87. The average Bonchev–Trinajstić information content (AvgIpc) is 2.91. The number of carbonyl (C=O) groups excluding carboxylic acids is 2. The normalized spacial score (nSPS) is 14.5. The van der Waals surface area contributed by atoms with E-state index in [-0.39, 0.29) is 19.4 Å². The molecule has 39 heavy (non-hydrogen) atoms. The van der Waals surface area contributed by atoms with Crippen molar-refractivity contribution in [3.63, 3.8) is 0 Å². The molecule has 232 valence electrons. The van der Waals surface area contributed by atoms with Crippen LogP contribution in [0, 0.1) is 0 Å². The largest absolute Gasteiger partial charge is 0.472 e. The molecule has 0 aliphatic carbocycles. The molecule has 0 aliphatic heterocycles. The molecule has 0 saturated carbocycles. The maximum absolute atomic E-state index is 12.4. The lowest BCUT2D eigenvalue weighted by Gasteiger charge is -2.20. The van der Waals surface area contributed by atoms with Crippen LogP contribution in [0.2, 0.25) is 0 Å². The SMILES string of the molecule is CCCCCCCCCCCCC(=O)O[C@H](COC(=O)CCCCCCCC)COP(=O)(O)OC[C@@H](O)CO. The molecular formula is C28H55O10P. The van der Waals surface area contributed by atoms with Crippen LogP contribution in [0.3, 0.4) is 0 Å². The zero-order chi connectivity index (χ0) is 29.2. The molecule has 0 aromatic carbocycles. The second-order valence-corrected chi connectivity index (χ2v) is 11.6. The van der Waals surface area contributed by atoms with Crippen molar-refractivity contribution in [2.75, 3.05) is 26.4 Å². The fraction of sp³-hybridized carbons (Fsp3) is 0.929. The molecule has 0 heterocycles. The van der Waals surface area contributed by atoms with E-state index in [1.165, 1.54) is 44.9 Å². The summed E-state index contributed by atoms with van der Waals surface area (Å²) in [7, 11) is -4.58. The first kappa shape index (κ1) is 38.0. The molecule has 0 aromatic heterocycles. The number of phosphoric acid groups is 1. The van der Waals surface area contributed by atoms with Gasteiger partial charge in [0.25, 0.3) is 0 Å². The zero-order valence-electron chi connectivity index (χ0n) is 24.4. The molecule has 0 saturated heterocycles. The number of unbranched alkanes of at least 4 members (excludes halogenated alkanes) is 14. The van der Waals surface area contributed by atoms with Crippen molar-refractivity contribution in [3.8, 4) is 0 Å². The van der Waals surface area contributed by atoms with Crippen molar-refractivity contribution >= 4 is 19.8 Å². The van der Waals surface area contributed by atoms with E-state index in [4.69, 9.17) is 19.1 Å². The van der Waals surface area contributed by atoms with Gasteiger partial charge in [-0.25, -0.2) is 4.57 Å². The number of carbonyl (C=O) groups is 2. The molecule has 11 heteroatoms. The summed E-state index contributed by atoms with van der Waals surface area (Å²) in [6.07, 6.45) is 15.5. The molecule has 1 unspecified atom stereocenters. The molecular weight excluding hydrogens is 527 g/mol. The van der Waals surface area contributed by atoms with Gasteiger partial charge in [-0.2, -0.15) is 0 Å². The molecule has 0 spiro atoms. The van der Waals surface area contributed by atoms with Crippen molar-refractivity contribution in [2.45, 2.75) is 142 Å². The second-order valence-electron chi connectivity index (χ2n) is 10.1. The van der Waals surface area contributed by atoms with Crippen LogP contribution in [0.5, 0.6) is 0 Å². The van der Waals surface area contributed by atoms with Gasteiger partial charge in [0, 0.05) is 12.8 Å². The van der Waals surface area contributed by atoms with Crippen molar-refractivity contribution in [3.05, 3.63) is 0 Å². The number of ether oxygens (including phenoxy) is 2. The molecule has 0 rings (SSSR count). The highest BCUT2D eigenvalue weighted by Crippen LogP contribution is 2.43. The standard InChI is InChI=1S/C28H55O10P/c1-3-5-7-9-11-12-13-14-16-18-20-28(32)38-26(24-37-39(33,34)36-22-25(30)21-29)23-35-27(31)19-17-15-10-8-6-4-2/h25-26,29-30H,3-24H2,1-2H3,(H,33,34)/t25-,26+/m0/s1. The summed E-state index contributed by atoms with van der Waals surface area (Å²) >= 11 is 0. The lowest BCUT2D eigenvalue weighted by Crippen LogP contribution is -2.29. The van der Waals surface area contributed by atoms with Crippen LogP contribution in [-0.2, 0) is 32.7 Å². The summed E-state index contributed by atoms with van der Waals surface area (Å²) in [5.74, 6) is -0.935. The van der Waals surface area contributed by atoms with Gasteiger partial charge >= 0.3 is 19.8 Å². The topological polar surface area (TPSA) is 149 Å². The third kappa shape index (κ3) is 25.7. The van der Waals surface area contributed by atoms with E-state index < -0.39 is 51.8 Å². The first-order valence-electron chi connectivity index (χ1n) is 15.0. The van der Waals surface area contributed by atoms with Gasteiger partial charge in [0.05, 0.1) is 19.8 Å². The predicted molar refractivity (Wildman–Crippen MR) is 150 cm³/mol. The predicted octanol–water partition coefficient (Wildman–Crippen LogP) is 5.99. The first-order chi connectivity index (χ1) is 18.7. The molecule has 0 bridgehead atoms. The van der Waals surface area contributed by atoms with Gasteiger partial charge in [-0.15, -0.1) is 0 Å². The number of esters is 2. The van der Waals surface area contributed by atoms with Crippen LogP contribution in [0.4, 0.5) is 0 Å². The Morgan fingerprint density at radius 3 is 1.59 bits per heavy atom. The maximum atomic E-state index is 12.4. The summed E-state index contributed by atoms with van der Waals surface area (Å²) in [5, 5.41) is 18.1. The Balaban J connectivity index is 4.48. The van der Waals surface area contributed by atoms with Crippen LogP contribution in [0.15, 0.2) is 0 Å². The van der Waals surface area contributed by atoms with E-state index in [2.05, 4.69) is 18.4 Å². The van der Waals surface area contributed by atoms with Crippen LogP contribution in [-0.4, -0.2) is 65.7 Å². The molecule has 0 aliphatic rings. The Morgan fingerprint density at radius 2 is 1.10 bits per heavy atom. The minimum atomic E-state index is -4.58. The second kappa shape index (κ2) is 25.9. The van der Waals surface area contributed by atoms with E-state index in [0.717, 1.165) is 44.9 Å². The van der Waals surface area contributed by atoms with Crippen molar-refractivity contribution in [2.24, 2.45) is 0 Å². The molecule has 3 atom stereocenters. The molecule has 0 amide bonds. The Labute approximate surface area is 235 Å². The highest BCUT2D eigenvalue weighted by atomic mass is 31.2. The van der Waals surface area contributed by atoms with Gasteiger partial charge in [-0.1, -0.05) is 104 Å². The highest BCUT2D eigenvalue weighted by molar-refractivity contribution is 7.47. The Hall–Kier alpha value is -1.03. The molecule has 0 radical (unpaired) electrons. The smallest absolute Gasteiger partial charge is 0.462 e. The van der Waals surface area contributed by atoms with Crippen LogP contribution >= 0.6 is 7.82 Å². The van der Waals surface area contributed by atoms with E-state index in [1.54, 1.807) is 0 Å². The summed E-state index contributed by atoms with van der Waals surface area (Å²) < 4.78 is 32.2. The zero-order valence-corrected chi connectivity index (χ0v) is 25.3. The highest BCUT2D eigenvalue weighted by Gasteiger charge is 2.27. The van der Waals surface area contributed by atoms with Gasteiger partial charge in [0.15, 0.2) is 6.10 Å². The summed E-state index contributed by atoms with van der Waals surface area (Å²) in [4.78, 5) is 34.3. The Morgan fingerprint density at radius 1 is 0.667 bits per heavy atom. The summed E-state index contributed by atoms with van der Waals surface area (Å²) in [6, 6.07) is 0. The summed E-state index contributed by atoms with van der Waals surface area (Å²) in [6.45, 7) is 2.25. The lowest BCUT2D eigenvalue weighted by atomic mass is 10.1. The van der Waals surface area contributed by atoms with Gasteiger partial charge in [-0.05, 0) is 12.8 Å². The molecule has 3 N–H and O–H groups in total. The fourth-order valence-corrected chi connectivity index (χ4v) is 4.66. The molecule has 0 aromatic rings. The van der Waals surface area contributed by atoms with Crippen LogP contribution in [0.25, 0.3) is 0 Å². The number of aliphatic hydroxyl groups is 2. The third-order valence-corrected chi connectivity index (χ3v) is 7.21. The first-order valence-corrected chi connectivity index (χ1v) is 16.5. The van der Waals surface area contributed by atoms with E-state index in [1.807, 2.05) is 0 Å². The van der Waals surface area contributed by atoms with Gasteiger partial charge in [0.2, 0.25) is 0 Å². The molecule has 10 nitrogen and oxygen atoms in total. The number of rotatable bonds is 28. The van der Waals surface area contributed by atoms with E-state index in [0.29, 0.717) is 12.8 Å². The maximum Gasteiger partial charge on any atom is 0.472 e. The minimum absolute atomic E-state index is 0.189. The van der Waals surface area contributed by atoms with Gasteiger partial charge < -0.3 is 24.6 Å². The number of phosphoric ester groups is 1. The van der Waals surface area contributed by atoms with Crippen LogP contribution < -0.4 is 0 Å².